The topological polar surface area (TPSA) is 47.3 Å². The van der Waals surface area contributed by atoms with Crippen molar-refractivity contribution < 1.29 is 4.74 Å². The lowest BCUT2D eigenvalue weighted by molar-refractivity contribution is 0.396. The third-order valence-electron chi connectivity index (χ3n) is 3.74. The predicted octanol–water partition coefficient (Wildman–Crippen LogP) is 2.06. The van der Waals surface area contributed by atoms with Crippen molar-refractivity contribution in [1.29, 1.82) is 0 Å². The highest BCUT2D eigenvalue weighted by Gasteiger charge is 2.25. The van der Waals surface area contributed by atoms with Gasteiger partial charge in [-0.15, -0.1) is 0 Å². The average molecular weight is 234 g/mol. The van der Waals surface area contributed by atoms with E-state index in [0.717, 1.165) is 24.3 Å². The zero-order chi connectivity index (χ0) is 12.4. The van der Waals surface area contributed by atoms with Gasteiger partial charge >= 0.3 is 0 Å². The maximum Gasteiger partial charge on any atom is 0.123 e. The first kappa shape index (κ1) is 12.4. The molecular weight excluding hydrogens is 212 g/mol. The van der Waals surface area contributed by atoms with Gasteiger partial charge in [0.05, 0.1) is 7.11 Å². The molecule has 1 aliphatic rings. The number of benzene rings is 1. The van der Waals surface area contributed by atoms with Crippen LogP contribution in [-0.4, -0.2) is 19.7 Å². The second-order valence-electron chi connectivity index (χ2n) is 4.91. The molecule has 0 amide bonds. The first-order valence-electron chi connectivity index (χ1n) is 6.27. The van der Waals surface area contributed by atoms with Crippen molar-refractivity contribution in [2.45, 2.75) is 38.8 Å². The van der Waals surface area contributed by atoms with Crippen molar-refractivity contribution in [2.24, 2.45) is 5.73 Å². The number of nitrogens with two attached hydrogens (primary N) is 1. The Labute approximate surface area is 103 Å². The van der Waals surface area contributed by atoms with E-state index in [4.69, 9.17) is 10.5 Å². The van der Waals surface area contributed by atoms with Gasteiger partial charge in [0.1, 0.15) is 5.75 Å². The van der Waals surface area contributed by atoms with Crippen molar-refractivity contribution >= 4 is 0 Å². The number of aryl methyl sites for hydroxylation is 2. The highest BCUT2D eigenvalue weighted by atomic mass is 16.5. The SMILES string of the molecule is COc1cc(C)c(C)cc1C(N)C1CCCN1. The molecule has 3 N–H and O–H groups in total. The van der Waals surface area contributed by atoms with Crippen LogP contribution in [0.25, 0.3) is 0 Å². The molecule has 0 aliphatic carbocycles. The van der Waals surface area contributed by atoms with Crippen LogP contribution in [0.3, 0.4) is 0 Å². The molecular formula is C14H22N2O. The van der Waals surface area contributed by atoms with Gasteiger partial charge in [-0.05, 0) is 50.4 Å². The van der Waals surface area contributed by atoms with Crippen LogP contribution < -0.4 is 15.8 Å². The predicted molar refractivity (Wildman–Crippen MR) is 70.4 cm³/mol. The molecule has 2 atom stereocenters. The lowest BCUT2D eigenvalue weighted by Crippen LogP contribution is -2.34. The zero-order valence-electron chi connectivity index (χ0n) is 10.9. The molecule has 1 aromatic carbocycles. The van der Waals surface area contributed by atoms with Crippen LogP contribution in [0.2, 0.25) is 0 Å². The molecule has 1 heterocycles. The Morgan fingerprint density at radius 3 is 2.65 bits per heavy atom. The van der Waals surface area contributed by atoms with Crippen LogP contribution in [0, 0.1) is 13.8 Å². The maximum absolute atomic E-state index is 6.35. The summed E-state index contributed by atoms with van der Waals surface area (Å²) < 4.78 is 5.45. The van der Waals surface area contributed by atoms with Crippen molar-refractivity contribution in [1.82, 2.24) is 5.32 Å². The largest absolute Gasteiger partial charge is 0.496 e. The second kappa shape index (κ2) is 5.07. The van der Waals surface area contributed by atoms with E-state index < -0.39 is 0 Å². The molecule has 3 heteroatoms. The van der Waals surface area contributed by atoms with E-state index in [1.54, 1.807) is 7.11 Å². The van der Waals surface area contributed by atoms with Crippen LogP contribution >= 0.6 is 0 Å². The van der Waals surface area contributed by atoms with Crippen LogP contribution in [0.15, 0.2) is 12.1 Å². The normalized spacial score (nSPS) is 21.5. The van der Waals surface area contributed by atoms with Gasteiger partial charge in [-0.25, -0.2) is 0 Å². The Hall–Kier alpha value is -1.06. The monoisotopic (exact) mass is 234 g/mol. The number of rotatable bonds is 3. The summed E-state index contributed by atoms with van der Waals surface area (Å²) in [6.45, 7) is 5.29. The van der Waals surface area contributed by atoms with Crippen molar-refractivity contribution in [3.05, 3.63) is 28.8 Å². The highest BCUT2D eigenvalue weighted by molar-refractivity contribution is 5.44. The minimum atomic E-state index is 0.0201. The lowest BCUT2D eigenvalue weighted by atomic mass is 9.95. The van der Waals surface area contributed by atoms with Gasteiger partial charge in [-0.3, -0.25) is 0 Å². The van der Waals surface area contributed by atoms with Crippen LogP contribution in [0.1, 0.15) is 35.6 Å². The first-order valence-corrected chi connectivity index (χ1v) is 6.27. The van der Waals surface area contributed by atoms with Gasteiger partial charge in [-0.1, -0.05) is 6.07 Å². The Bertz CT molecular complexity index is 397. The molecule has 0 bridgehead atoms. The molecule has 1 saturated heterocycles. The maximum atomic E-state index is 6.35. The molecule has 1 aromatic rings. The number of methoxy groups -OCH3 is 1. The lowest BCUT2D eigenvalue weighted by Gasteiger charge is -2.23. The average Bonchev–Trinajstić information content (AvgIpc) is 2.84. The molecule has 1 fully saturated rings. The number of ether oxygens (including phenoxy) is 1. The summed E-state index contributed by atoms with van der Waals surface area (Å²) in [6, 6.07) is 4.65. The Morgan fingerprint density at radius 1 is 1.35 bits per heavy atom. The van der Waals surface area contributed by atoms with E-state index in [0.29, 0.717) is 6.04 Å². The molecule has 1 aliphatic heterocycles. The van der Waals surface area contributed by atoms with E-state index in [1.165, 1.54) is 17.5 Å². The van der Waals surface area contributed by atoms with Gasteiger partial charge < -0.3 is 15.8 Å². The molecule has 3 nitrogen and oxygen atoms in total. The van der Waals surface area contributed by atoms with E-state index in [1.807, 2.05) is 0 Å². The van der Waals surface area contributed by atoms with Gasteiger partial charge in [0, 0.05) is 17.6 Å². The van der Waals surface area contributed by atoms with Crippen molar-refractivity contribution in [3.8, 4) is 5.75 Å². The van der Waals surface area contributed by atoms with Crippen LogP contribution in [-0.2, 0) is 0 Å². The van der Waals surface area contributed by atoms with Crippen molar-refractivity contribution in [2.75, 3.05) is 13.7 Å². The molecule has 2 unspecified atom stereocenters. The van der Waals surface area contributed by atoms with E-state index in [-0.39, 0.29) is 6.04 Å². The van der Waals surface area contributed by atoms with Crippen LogP contribution in [0.5, 0.6) is 5.75 Å². The van der Waals surface area contributed by atoms with E-state index in [2.05, 4.69) is 31.3 Å². The molecule has 0 spiro atoms. The summed E-state index contributed by atoms with van der Waals surface area (Å²) in [7, 11) is 1.71. The molecule has 0 radical (unpaired) electrons. The second-order valence-corrected chi connectivity index (χ2v) is 4.91. The van der Waals surface area contributed by atoms with Crippen LogP contribution in [0.4, 0.5) is 0 Å². The molecule has 2 rings (SSSR count). The summed E-state index contributed by atoms with van der Waals surface area (Å²) in [6.07, 6.45) is 2.36. The minimum Gasteiger partial charge on any atom is -0.496 e. The minimum absolute atomic E-state index is 0.0201. The van der Waals surface area contributed by atoms with Crippen molar-refractivity contribution in [3.63, 3.8) is 0 Å². The molecule has 17 heavy (non-hydrogen) atoms. The van der Waals surface area contributed by atoms with Gasteiger partial charge in [0.15, 0.2) is 0 Å². The fourth-order valence-electron chi connectivity index (χ4n) is 2.48. The van der Waals surface area contributed by atoms with Gasteiger partial charge in [0.2, 0.25) is 0 Å². The molecule has 0 aromatic heterocycles. The number of nitrogens with one attached hydrogen (secondary N) is 1. The molecule has 94 valence electrons. The summed E-state index contributed by atoms with van der Waals surface area (Å²) >= 11 is 0. The summed E-state index contributed by atoms with van der Waals surface area (Å²) in [5, 5.41) is 3.46. The fraction of sp³-hybridized carbons (Fsp3) is 0.571. The third-order valence-corrected chi connectivity index (χ3v) is 3.74. The summed E-state index contributed by atoms with van der Waals surface area (Å²) in [5.41, 5.74) is 9.99. The Balaban J connectivity index is 2.32. The number of hydrogen-bond acceptors (Lipinski definition) is 3. The number of hydrogen-bond donors (Lipinski definition) is 2. The standard InChI is InChI=1S/C14H22N2O/c1-9-7-11(13(17-3)8-10(9)2)14(15)12-5-4-6-16-12/h7-8,12,14,16H,4-6,15H2,1-3H3. The first-order chi connectivity index (χ1) is 8.13. The zero-order valence-corrected chi connectivity index (χ0v) is 10.9. The van der Waals surface area contributed by atoms with Gasteiger partial charge in [0.25, 0.3) is 0 Å². The summed E-state index contributed by atoms with van der Waals surface area (Å²) in [5.74, 6) is 0.911. The quantitative estimate of drug-likeness (QED) is 0.841. The Kier molecular flexibility index (Phi) is 3.69. The van der Waals surface area contributed by atoms with E-state index >= 15 is 0 Å². The Morgan fingerprint density at radius 2 is 2.06 bits per heavy atom. The third kappa shape index (κ3) is 2.45. The fourth-order valence-corrected chi connectivity index (χ4v) is 2.48. The summed E-state index contributed by atoms with van der Waals surface area (Å²) in [4.78, 5) is 0. The van der Waals surface area contributed by atoms with Gasteiger partial charge in [-0.2, -0.15) is 0 Å². The smallest absolute Gasteiger partial charge is 0.123 e. The highest BCUT2D eigenvalue weighted by Crippen LogP contribution is 2.31. The molecule has 0 saturated carbocycles. The van der Waals surface area contributed by atoms with E-state index in [9.17, 15) is 0 Å².